The molecule has 0 aliphatic heterocycles. The van der Waals surface area contributed by atoms with Gasteiger partial charge in [0.25, 0.3) is 0 Å². The van der Waals surface area contributed by atoms with Gasteiger partial charge in [0.1, 0.15) is 16.4 Å². The van der Waals surface area contributed by atoms with Crippen LogP contribution in [0.3, 0.4) is 0 Å². The Bertz CT molecular complexity index is 1090. The molecule has 2 atom stereocenters. The number of nitrogens with zero attached hydrogens (tertiary/aromatic N) is 2. The first-order valence-electron chi connectivity index (χ1n) is 9.42. The van der Waals surface area contributed by atoms with E-state index in [9.17, 15) is 13.4 Å². The molecule has 10 heteroatoms. The van der Waals surface area contributed by atoms with Gasteiger partial charge in [-0.1, -0.05) is 31.2 Å². The fraction of sp³-hybridized carbons (Fsp3) is 0.238. The summed E-state index contributed by atoms with van der Waals surface area (Å²) in [6.07, 6.45) is 0.727. The minimum atomic E-state index is -2.47. The predicted octanol–water partition coefficient (Wildman–Crippen LogP) is 4.64. The summed E-state index contributed by atoms with van der Waals surface area (Å²) < 4.78 is 38.7. The summed E-state index contributed by atoms with van der Waals surface area (Å²) >= 11 is -1.07. The number of rotatable bonds is 8. The summed E-state index contributed by atoms with van der Waals surface area (Å²) in [5.41, 5.74) is 3.39. The summed E-state index contributed by atoms with van der Waals surface area (Å²) in [5.74, 6) is -0.865. The third-order valence-corrected chi connectivity index (χ3v) is 6.19. The van der Waals surface area contributed by atoms with Gasteiger partial charge in [-0.25, -0.2) is 14.9 Å². The number of anilines is 2. The maximum Gasteiger partial charge on any atom is 0.324 e. The Morgan fingerprint density at radius 3 is 2.52 bits per heavy atom. The molecule has 0 saturated heterocycles. The van der Waals surface area contributed by atoms with Gasteiger partial charge >= 0.3 is 11.4 Å². The van der Waals surface area contributed by atoms with Crippen molar-refractivity contribution in [3.8, 4) is 0 Å². The second-order valence-corrected chi connectivity index (χ2v) is 8.31. The van der Waals surface area contributed by atoms with E-state index in [-0.39, 0.29) is 11.6 Å². The highest BCUT2D eigenvalue weighted by Gasteiger charge is 2.42. The Hall–Kier alpha value is -2.66. The maximum absolute atomic E-state index is 14.8. The average molecular weight is 464 g/mol. The van der Waals surface area contributed by atoms with Crippen molar-refractivity contribution < 1.29 is 22.2 Å². The van der Waals surface area contributed by atoms with Crippen molar-refractivity contribution in [2.75, 3.05) is 10.4 Å². The number of nitrogens with one attached hydrogen (secondary N) is 1. The summed E-state index contributed by atoms with van der Waals surface area (Å²) in [4.78, 5) is 19.0. The standard InChI is InChI=1S/C21H22FN3O4S2/c1-4-16-13-30-20(23-16)21(3,15-9-11-17(12-10-15)24-29-31(27)28)25(14(2)26)19-8-6-5-7-18(19)22/h5-13,24H,4H2,1-3H3,(H,27,28)/t21-/m0/s1. The van der Waals surface area contributed by atoms with Crippen molar-refractivity contribution in [3.05, 3.63) is 76.0 Å². The van der Waals surface area contributed by atoms with E-state index in [0.29, 0.717) is 16.3 Å². The third kappa shape index (κ3) is 4.82. The van der Waals surface area contributed by atoms with Gasteiger partial charge in [-0.2, -0.15) is 4.21 Å². The van der Waals surface area contributed by atoms with E-state index in [1.807, 2.05) is 19.2 Å². The molecule has 31 heavy (non-hydrogen) atoms. The van der Waals surface area contributed by atoms with E-state index >= 15 is 0 Å². The zero-order valence-corrected chi connectivity index (χ0v) is 18.8. The van der Waals surface area contributed by atoms with Gasteiger partial charge in [-0.05, 0) is 43.2 Å². The van der Waals surface area contributed by atoms with Crippen LogP contribution in [0.4, 0.5) is 15.8 Å². The molecule has 164 valence electrons. The van der Waals surface area contributed by atoms with Crippen molar-refractivity contribution in [1.82, 2.24) is 4.98 Å². The second-order valence-electron chi connectivity index (χ2n) is 6.86. The van der Waals surface area contributed by atoms with E-state index in [1.54, 1.807) is 42.5 Å². The van der Waals surface area contributed by atoms with Gasteiger partial charge in [-0.3, -0.25) is 14.2 Å². The molecule has 3 aromatic rings. The van der Waals surface area contributed by atoms with Crippen molar-refractivity contribution in [3.63, 3.8) is 0 Å². The Balaban J connectivity index is 2.16. The van der Waals surface area contributed by atoms with Crippen LogP contribution in [-0.4, -0.2) is 19.7 Å². The average Bonchev–Trinajstić information content (AvgIpc) is 3.24. The lowest BCUT2D eigenvalue weighted by molar-refractivity contribution is -0.117. The van der Waals surface area contributed by atoms with Crippen LogP contribution in [0.1, 0.15) is 37.0 Å². The molecular formula is C21H22FN3O4S2. The van der Waals surface area contributed by atoms with Crippen molar-refractivity contribution in [2.24, 2.45) is 0 Å². The fourth-order valence-electron chi connectivity index (χ4n) is 3.35. The third-order valence-electron chi connectivity index (χ3n) is 4.86. The van der Waals surface area contributed by atoms with E-state index in [2.05, 4.69) is 9.76 Å². The number of thiazole rings is 1. The molecule has 2 N–H and O–H groups in total. The van der Waals surface area contributed by atoms with E-state index in [4.69, 9.17) is 9.54 Å². The van der Waals surface area contributed by atoms with Gasteiger partial charge in [0.15, 0.2) is 0 Å². The van der Waals surface area contributed by atoms with Crippen LogP contribution in [-0.2, 0) is 32.4 Å². The molecule has 1 amide bonds. The number of hydrogen-bond donors (Lipinski definition) is 2. The van der Waals surface area contributed by atoms with Gasteiger partial charge < -0.3 is 0 Å². The smallest absolute Gasteiger partial charge is 0.293 e. The molecule has 1 unspecified atom stereocenters. The number of hydrogen-bond acceptors (Lipinski definition) is 6. The summed E-state index contributed by atoms with van der Waals surface area (Å²) in [5, 5.41) is 2.56. The highest BCUT2D eigenvalue weighted by atomic mass is 32.2. The molecule has 3 rings (SSSR count). The minimum Gasteiger partial charge on any atom is -0.293 e. The molecular weight excluding hydrogens is 441 g/mol. The lowest BCUT2D eigenvalue weighted by Crippen LogP contribution is -2.48. The molecule has 0 spiro atoms. The van der Waals surface area contributed by atoms with Crippen LogP contribution in [0.5, 0.6) is 0 Å². The molecule has 0 aliphatic carbocycles. The first-order chi connectivity index (χ1) is 14.8. The lowest BCUT2D eigenvalue weighted by atomic mass is 9.89. The Kier molecular flexibility index (Phi) is 7.16. The largest absolute Gasteiger partial charge is 0.324 e. The van der Waals surface area contributed by atoms with Gasteiger partial charge in [0, 0.05) is 12.3 Å². The number of carbonyl (C=O) groups is 1. The molecule has 0 fully saturated rings. The topological polar surface area (TPSA) is 91.8 Å². The number of benzene rings is 2. The van der Waals surface area contributed by atoms with Crippen molar-refractivity contribution in [1.29, 1.82) is 0 Å². The van der Waals surface area contributed by atoms with Crippen LogP contribution >= 0.6 is 11.3 Å². The summed E-state index contributed by atoms with van der Waals surface area (Å²) in [6.45, 7) is 5.20. The second kappa shape index (κ2) is 9.65. The first kappa shape index (κ1) is 23.0. The lowest BCUT2D eigenvalue weighted by Gasteiger charge is -2.40. The monoisotopic (exact) mass is 463 g/mol. The number of amides is 1. The van der Waals surface area contributed by atoms with Crippen LogP contribution < -0.4 is 10.4 Å². The zero-order valence-electron chi connectivity index (χ0n) is 17.2. The highest BCUT2D eigenvalue weighted by molar-refractivity contribution is 7.74. The first-order valence-corrected chi connectivity index (χ1v) is 11.3. The molecule has 1 heterocycles. The number of halogens is 1. The normalized spacial score (nSPS) is 14.0. The Morgan fingerprint density at radius 1 is 1.29 bits per heavy atom. The fourth-order valence-corrected chi connectivity index (χ4v) is 4.59. The van der Waals surface area contributed by atoms with Crippen LogP contribution in [0, 0.1) is 5.82 Å². The number of aromatic nitrogens is 1. The number of carbonyl (C=O) groups excluding carboxylic acids is 1. The van der Waals surface area contributed by atoms with Gasteiger partial charge in [-0.15, -0.1) is 15.6 Å². The number of aryl methyl sites for hydroxylation is 1. The minimum absolute atomic E-state index is 0.145. The van der Waals surface area contributed by atoms with Crippen molar-refractivity contribution >= 4 is 40.0 Å². The molecule has 0 saturated carbocycles. The van der Waals surface area contributed by atoms with Crippen LogP contribution in [0.2, 0.25) is 0 Å². The van der Waals surface area contributed by atoms with E-state index in [1.165, 1.54) is 29.2 Å². The molecule has 2 aromatic carbocycles. The quantitative estimate of drug-likeness (QED) is 0.374. The zero-order chi connectivity index (χ0) is 22.6. The Labute approximate surface area is 186 Å². The summed E-state index contributed by atoms with van der Waals surface area (Å²) in [7, 11) is 0. The Morgan fingerprint density at radius 2 is 1.97 bits per heavy atom. The predicted molar refractivity (Wildman–Crippen MR) is 119 cm³/mol. The molecule has 0 radical (unpaired) electrons. The van der Waals surface area contributed by atoms with Crippen LogP contribution in [0.25, 0.3) is 0 Å². The number of para-hydroxylation sites is 1. The van der Waals surface area contributed by atoms with Gasteiger partial charge in [0.2, 0.25) is 5.91 Å². The maximum atomic E-state index is 14.8. The summed E-state index contributed by atoms with van der Waals surface area (Å²) in [6, 6.07) is 12.8. The highest BCUT2D eigenvalue weighted by Crippen LogP contribution is 2.41. The molecule has 7 nitrogen and oxygen atoms in total. The van der Waals surface area contributed by atoms with E-state index < -0.39 is 22.7 Å². The van der Waals surface area contributed by atoms with Gasteiger partial charge in [0.05, 0.1) is 17.1 Å². The molecule has 1 aromatic heterocycles. The molecule has 0 bridgehead atoms. The van der Waals surface area contributed by atoms with Crippen LogP contribution in [0.15, 0.2) is 53.9 Å². The van der Waals surface area contributed by atoms with Crippen molar-refractivity contribution in [2.45, 2.75) is 32.7 Å². The molecule has 0 aliphatic rings. The SMILES string of the molecule is CCc1csc([C@](C)(c2ccc(NOS(=O)O)cc2)N(C(C)=O)c2ccccc2F)n1. The van der Waals surface area contributed by atoms with E-state index in [0.717, 1.165) is 12.1 Å².